The average molecular weight is 257 g/mol. The molecule has 0 aromatic carbocycles. The maximum atomic E-state index is 11.2. The van der Waals surface area contributed by atoms with E-state index < -0.39 is 19.6 Å². The van der Waals surface area contributed by atoms with Gasteiger partial charge in [0, 0.05) is 10.7 Å². The Labute approximate surface area is 95.0 Å². The molecule has 0 heterocycles. The van der Waals surface area contributed by atoms with Crippen molar-refractivity contribution < 1.29 is 18.3 Å². The van der Waals surface area contributed by atoms with Gasteiger partial charge in [-0.2, -0.15) is 0 Å². The van der Waals surface area contributed by atoms with E-state index in [-0.39, 0.29) is 0 Å². The lowest BCUT2D eigenvalue weighted by atomic mass is 10.2. The summed E-state index contributed by atoms with van der Waals surface area (Å²) in [7, 11) is 1.89. The minimum atomic E-state index is -3.45. The standard InChI is InChI=1S/C9H17ClO4S/c1-8(2,11)14-7-3-4-9(5-6-9)15(10,12)13/h11H,3-7H2,1-2H3. The second kappa shape index (κ2) is 4.20. The van der Waals surface area contributed by atoms with E-state index in [2.05, 4.69) is 0 Å². The zero-order valence-corrected chi connectivity index (χ0v) is 10.6. The molecule has 0 bridgehead atoms. The molecule has 0 aliphatic heterocycles. The second-order valence-electron chi connectivity index (χ2n) is 4.52. The molecule has 0 spiro atoms. The van der Waals surface area contributed by atoms with Crippen LogP contribution in [-0.2, 0) is 13.8 Å². The van der Waals surface area contributed by atoms with Crippen molar-refractivity contribution in [2.75, 3.05) is 6.61 Å². The van der Waals surface area contributed by atoms with Gasteiger partial charge >= 0.3 is 0 Å². The number of rotatable bonds is 6. The highest BCUT2D eigenvalue weighted by atomic mass is 35.7. The van der Waals surface area contributed by atoms with E-state index in [4.69, 9.17) is 15.4 Å². The van der Waals surface area contributed by atoms with E-state index >= 15 is 0 Å². The molecule has 1 aliphatic carbocycles. The van der Waals surface area contributed by atoms with Gasteiger partial charge < -0.3 is 9.84 Å². The molecule has 4 nitrogen and oxygen atoms in total. The van der Waals surface area contributed by atoms with Gasteiger partial charge in [-0.1, -0.05) is 0 Å². The lowest BCUT2D eigenvalue weighted by molar-refractivity contribution is -0.176. The van der Waals surface area contributed by atoms with Crippen molar-refractivity contribution >= 4 is 19.7 Å². The highest BCUT2D eigenvalue weighted by molar-refractivity contribution is 8.15. The first-order valence-electron chi connectivity index (χ1n) is 4.97. The van der Waals surface area contributed by atoms with Crippen LogP contribution in [0.2, 0.25) is 0 Å². The number of hydrogen-bond donors (Lipinski definition) is 1. The monoisotopic (exact) mass is 256 g/mol. The molecule has 0 saturated heterocycles. The number of ether oxygens (including phenoxy) is 1. The van der Waals surface area contributed by atoms with Crippen LogP contribution in [0.5, 0.6) is 0 Å². The Kier molecular flexibility index (Phi) is 3.70. The van der Waals surface area contributed by atoms with Gasteiger partial charge in [-0.25, -0.2) is 8.42 Å². The molecule has 1 aliphatic rings. The molecule has 15 heavy (non-hydrogen) atoms. The molecule has 0 unspecified atom stereocenters. The zero-order valence-electron chi connectivity index (χ0n) is 8.99. The minimum absolute atomic E-state index is 0.345. The summed E-state index contributed by atoms with van der Waals surface area (Å²) >= 11 is 0. The van der Waals surface area contributed by atoms with Crippen LogP contribution >= 0.6 is 10.7 Å². The fraction of sp³-hybridized carbons (Fsp3) is 1.00. The van der Waals surface area contributed by atoms with Crippen molar-refractivity contribution in [3.8, 4) is 0 Å². The van der Waals surface area contributed by atoms with Crippen LogP contribution in [0.1, 0.15) is 39.5 Å². The van der Waals surface area contributed by atoms with Crippen molar-refractivity contribution in [3.63, 3.8) is 0 Å². The summed E-state index contributed by atoms with van der Waals surface area (Å²) in [5.74, 6) is -1.16. The highest BCUT2D eigenvalue weighted by Crippen LogP contribution is 2.49. The first-order valence-corrected chi connectivity index (χ1v) is 7.28. The van der Waals surface area contributed by atoms with Crippen molar-refractivity contribution in [1.82, 2.24) is 0 Å². The third kappa shape index (κ3) is 3.90. The third-order valence-electron chi connectivity index (χ3n) is 2.56. The molecular formula is C9H17ClO4S. The van der Waals surface area contributed by atoms with Gasteiger partial charge in [0.1, 0.15) is 0 Å². The predicted molar refractivity (Wildman–Crippen MR) is 58.2 cm³/mol. The van der Waals surface area contributed by atoms with E-state index in [9.17, 15) is 13.5 Å². The Bertz CT molecular complexity index is 313. The van der Waals surface area contributed by atoms with Crippen LogP contribution in [0, 0.1) is 0 Å². The van der Waals surface area contributed by atoms with E-state index in [1.54, 1.807) is 0 Å². The van der Waals surface area contributed by atoms with Crippen LogP contribution in [0.15, 0.2) is 0 Å². The highest BCUT2D eigenvalue weighted by Gasteiger charge is 2.52. The largest absolute Gasteiger partial charge is 0.366 e. The molecular weight excluding hydrogens is 240 g/mol. The van der Waals surface area contributed by atoms with Crippen molar-refractivity contribution in [3.05, 3.63) is 0 Å². The Morgan fingerprint density at radius 1 is 1.47 bits per heavy atom. The molecule has 0 amide bonds. The van der Waals surface area contributed by atoms with Crippen LogP contribution in [-0.4, -0.2) is 30.7 Å². The number of halogens is 1. The summed E-state index contributed by atoms with van der Waals surface area (Å²) in [6.07, 6.45) is 2.38. The van der Waals surface area contributed by atoms with Gasteiger partial charge in [-0.15, -0.1) is 0 Å². The molecule has 90 valence electrons. The fourth-order valence-corrected chi connectivity index (χ4v) is 3.14. The van der Waals surface area contributed by atoms with Gasteiger partial charge in [-0.3, -0.25) is 0 Å². The normalized spacial score (nSPS) is 20.3. The summed E-state index contributed by atoms with van der Waals surface area (Å²) in [5.41, 5.74) is 0. The summed E-state index contributed by atoms with van der Waals surface area (Å²) in [6, 6.07) is 0. The summed E-state index contributed by atoms with van der Waals surface area (Å²) in [6.45, 7) is 3.42. The molecule has 1 saturated carbocycles. The van der Waals surface area contributed by atoms with Crippen molar-refractivity contribution in [2.24, 2.45) is 0 Å². The number of hydrogen-bond acceptors (Lipinski definition) is 4. The van der Waals surface area contributed by atoms with Gasteiger partial charge in [0.15, 0.2) is 5.79 Å². The Hall–Kier alpha value is 0.160. The first kappa shape index (κ1) is 13.2. The Morgan fingerprint density at radius 3 is 2.33 bits per heavy atom. The molecule has 6 heteroatoms. The average Bonchev–Trinajstić information content (AvgIpc) is 2.75. The second-order valence-corrected chi connectivity index (χ2v) is 7.48. The van der Waals surface area contributed by atoms with Crippen LogP contribution < -0.4 is 0 Å². The molecule has 0 aromatic heterocycles. The quantitative estimate of drug-likeness (QED) is 0.446. The van der Waals surface area contributed by atoms with E-state index in [1.165, 1.54) is 13.8 Å². The summed E-state index contributed by atoms with van der Waals surface area (Å²) in [4.78, 5) is 0. The third-order valence-corrected chi connectivity index (χ3v) is 5.19. The van der Waals surface area contributed by atoms with Crippen LogP contribution in [0.4, 0.5) is 0 Å². The molecule has 0 radical (unpaired) electrons. The molecule has 1 rings (SSSR count). The SMILES string of the molecule is CC(C)(O)OCCCC1(S(=O)(=O)Cl)CC1. The maximum absolute atomic E-state index is 11.2. The minimum Gasteiger partial charge on any atom is -0.366 e. The van der Waals surface area contributed by atoms with Crippen LogP contribution in [0.3, 0.4) is 0 Å². The first-order chi connectivity index (χ1) is 6.66. The van der Waals surface area contributed by atoms with Gasteiger partial charge in [0.25, 0.3) is 0 Å². The Morgan fingerprint density at radius 2 is 2.00 bits per heavy atom. The van der Waals surface area contributed by atoms with Crippen LogP contribution in [0.25, 0.3) is 0 Å². The lowest BCUT2D eigenvalue weighted by Crippen LogP contribution is -2.25. The fourth-order valence-electron chi connectivity index (χ4n) is 1.47. The van der Waals surface area contributed by atoms with Gasteiger partial charge in [-0.05, 0) is 39.5 Å². The van der Waals surface area contributed by atoms with E-state index in [0.29, 0.717) is 32.3 Å². The van der Waals surface area contributed by atoms with Gasteiger partial charge in [0.05, 0.1) is 11.4 Å². The van der Waals surface area contributed by atoms with Crippen molar-refractivity contribution in [1.29, 1.82) is 0 Å². The summed E-state index contributed by atoms with van der Waals surface area (Å²) in [5, 5.41) is 9.26. The molecule has 1 N–H and O–H groups in total. The topological polar surface area (TPSA) is 63.6 Å². The molecule has 0 atom stereocenters. The predicted octanol–water partition coefficient (Wildman–Crippen LogP) is 1.61. The lowest BCUT2D eigenvalue weighted by Gasteiger charge is -2.18. The molecule has 1 fully saturated rings. The Balaban J connectivity index is 2.28. The van der Waals surface area contributed by atoms with Crippen molar-refractivity contribution in [2.45, 2.75) is 50.1 Å². The number of aliphatic hydroxyl groups is 1. The smallest absolute Gasteiger partial charge is 0.238 e. The zero-order chi connectivity index (χ0) is 11.7. The van der Waals surface area contributed by atoms with E-state index in [1.807, 2.05) is 0 Å². The van der Waals surface area contributed by atoms with E-state index in [0.717, 1.165) is 0 Å². The summed E-state index contributed by atoms with van der Waals surface area (Å²) < 4.78 is 26.7. The van der Waals surface area contributed by atoms with Gasteiger partial charge in [0.2, 0.25) is 9.05 Å². The maximum Gasteiger partial charge on any atom is 0.238 e. The molecule has 0 aromatic rings.